The molecular formula is C15H21F3. The van der Waals surface area contributed by atoms with Gasteiger partial charge in [-0.2, -0.15) is 13.2 Å². The number of rotatable bonds is 2. The van der Waals surface area contributed by atoms with Crippen LogP contribution in [0.2, 0.25) is 0 Å². The van der Waals surface area contributed by atoms with Crippen LogP contribution in [0.1, 0.15) is 51.0 Å². The fourth-order valence-corrected chi connectivity index (χ4v) is 2.47. The summed E-state index contributed by atoms with van der Waals surface area (Å²) in [7, 11) is 0. The van der Waals surface area contributed by atoms with Crippen LogP contribution in [-0.4, -0.2) is 6.18 Å². The first-order chi connectivity index (χ1) is 8.40. The third-order valence-electron chi connectivity index (χ3n) is 3.39. The van der Waals surface area contributed by atoms with Gasteiger partial charge in [0, 0.05) is 6.92 Å². The maximum Gasteiger partial charge on any atom is 0.386 e. The molecule has 1 aliphatic rings. The van der Waals surface area contributed by atoms with E-state index >= 15 is 0 Å². The number of halogens is 3. The maximum absolute atomic E-state index is 10.4. The Balaban J connectivity index is 0.000000280. The molecule has 0 aromatic heterocycles. The molecule has 1 aromatic carbocycles. The van der Waals surface area contributed by atoms with Gasteiger partial charge in [-0.15, -0.1) is 0 Å². The van der Waals surface area contributed by atoms with Crippen molar-refractivity contribution in [1.29, 1.82) is 0 Å². The van der Waals surface area contributed by atoms with Crippen LogP contribution < -0.4 is 0 Å². The summed E-state index contributed by atoms with van der Waals surface area (Å²) in [5, 5.41) is 0. The Morgan fingerprint density at radius 1 is 1.11 bits per heavy atom. The highest BCUT2D eigenvalue weighted by molar-refractivity contribution is 5.20. The summed E-state index contributed by atoms with van der Waals surface area (Å²) in [6, 6.07) is 11.0. The minimum atomic E-state index is -4.00. The second-order valence-corrected chi connectivity index (χ2v) is 4.98. The monoisotopic (exact) mass is 258 g/mol. The van der Waals surface area contributed by atoms with E-state index in [9.17, 15) is 13.2 Å². The van der Waals surface area contributed by atoms with Crippen molar-refractivity contribution in [2.24, 2.45) is 5.92 Å². The lowest BCUT2D eigenvalue weighted by Crippen LogP contribution is -1.95. The van der Waals surface area contributed by atoms with E-state index in [0.717, 1.165) is 11.8 Å². The Morgan fingerprint density at radius 2 is 1.67 bits per heavy atom. The quantitative estimate of drug-likeness (QED) is 0.652. The highest BCUT2D eigenvalue weighted by Crippen LogP contribution is 2.39. The molecule has 0 radical (unpaired) electrons. The Bertz CT molecular complexity index is 323. The minimum absolute atomic E-state index is 0.188. The lowest BCUT2D eigenvalue weighted by Gasteiger charge is -2.09. The van der Waals surface area contributed by atoms with Gasteiger partial charge in [0.15, 0.2) is 0 Å². The average molecular weight is 258 g/mol. The summed E-state index contributed by atoms with van der Waals surface area (Å²) in [5.74, 6) is 1.84. The van der Waals surface area contributed by atoms with Crippen LogP contribution in [0.15, 0.2) is 30.3 Å². The Morgan fingerprint density at radius 3 is 2.11 bits per heavy atom. The number of hydrogen-bond donors (Lipinski definition) is 0. The molecule has 102 valence electrons. The summed E-state index contributed by atoms with van der Waals surface area (Å²) in [6.45, 7) is 2.50. The van der Waals surface area contributed by atoms with Crippen LogP contribution in [0.3, 0.4) is 0 Å². The first kappa shape index (κ1) is 15.1. The molecule has 0 saturated heterocycles. The Labute approximate surface area is 107 Å². The lowest BCUT2D eigenvalue weighted by atomic mass is 9.96. The van der Waals surface area contributed by atoms with Gasteiger partial charge in [-0.1, -0.05) is 43.7 Å². The van der Waals surface area contributed by atoms with Gasteiger partial charge in [0.25, 0.3) is 0 Å². The zero-order valence-corrected chi connectivity index (χ0v) is 11.0. The van der Waals surface area contributed by atoms with Gasteiger partial charge in [-0.25, -0.2) is 0 Å². The zero-order valence-electron chi connectivity index (χ0n) is 11.0. The molecule has 1 aliphatic carbocycles. The van der Waals surface area contributed by atoms with Gasteiger partial charge >= 0.3 is 6.18 Å². The van der Waals surface area contributed by atoms with Gasteiger partial charge in [0.05, 0.1) is 0 Å². The topological polar surface area (TPSA) is 0 Å². The first-order valence-electron chi connectivity index (χ1n) is 6.51. The van der Waals surface area contributed by atoms with Crippen molar-refractivity contribution in [1.82, 2.24) is 0 Å². The number of benzene rings is 1. The molecule has 0 bridgehead atoms. The van der Waals surface area contributed by atoms with E-state index < -0.39 is 6.18 Å². The third kappa shape index (κ3) is 6.08. The normalized spacial score (nSPS) is 23.4. The fourth-order valence-electron chi connectivity index (χ4n) is 2.47. The van der Waals surface area contributed by atoms with Crippen molar-refractivity contribution in [2.75, 3.05) is 0 Å². The molecule has 2 atom stereocenters. The molecule has 1 saturated carbocycles. The van der Waals surface area contributed by atoms with Crippen LogP contribution in [0, 0.1) is 5.92 Å². The highest BCUT2D eigenvalue weighted by Gasteiger charge is 2.23. The van der Waals surface area contributed by atoms with Crippen molar-refractivity contribution in [3.63, 3.8) is 0 Å². The van der Waals surface area contributed by atoms with Crippen molar-refractivity contribution in [2.45, 2.75) is 51.6 Å². The third-order valence-corrected chi connectivity index (χ3v) is 3.39. The van der Waals surface area contributed by atoms with Gasteiger partial charge < -0.3 is 0 Å². The largest absolute Gasteiger partial charge is 0.386 e. The van der Waals surface area contributed by atoms with E-state index in [1.54, 1.807) is 5.56 Å². The van der Waals surface area contributed by atoms with Gasteiger partial charge in [-0.05, 0) is 36.7 Å². The van der Waals surface area contributed by atoms with Crippen LogP contribution in [0.4, 0.5) is 13.2 Å². The fraction of sp³-hybridized carbons (Fsp3) is 0.600. The second kappa shape index (κ2) is 6.81. The van der Waals surface area contributed by atoms with Crippen molar-refractivity contribution < 1.29 is 13.2 Å². The highest BCUT2D eigenvalue weighted by atomic mass is 19.4. The van der Waals surface area contributed by atoms with Crippen molar-refractivity contribution in [3.05, 3.63) is 35.9 Å². The van der Waals surface area contributed by atoms with E-state index in [1.807, 2.05) is 0 Å². The van der Waals surface area contributed by atoms with Crippen LogP contribution >= 0.6 is 0 Å². The zero-order chi connectivity index (χ0) is 13.6. The molecule has 0 amide bonds. The van der Waals surface area contributed by atoms with Crippen molar-refractivity contribution >= 4 is 0 Å². The smallest absolute Gasteiger partial charge is 0.172 e. The summed E-state index contributed by atoms with van der Waals surface area (Å²) >= 11 is 0. The summed E-state index contributed by atoms with van der Waals surface area (Å²) < 4.78 is 31.1. The van der Waals surface area contributed by atoms with E-state index in [4.69, 9.17) is 0 Å². The van der Waals surface area contributed by atoms with E-state index in [0.29, 0.717) is 0 Å². The summed E-state index contributed by atoms with van der Waals surface area (Å²) in [4.78, 5) is 0. The molecule has 0 nitrogen and oxygen atoms in total. The molecule has 2 unspecified atom stereocenters. The Kier molecular flexibility index (Phi) is 5.70. The molecule has 18 heavy (non-hydrogen) atoms. The first-order valence-corrected chi connectivity index (χ1v) is 6.51. The predicted molar refractivity (Wildman–Crippen MR) is 68.5 cm³/mol. The summed E-state index contributed by atoms with van der Waals surface area (Å²) in [5.41, 5.74) is 1.55. The van der Waals surface area contributed by atoms with Gasteiger partial charge in [0.2, 0.25) is 0 Å². The molecule has 0 N–H and O–H groups in total. The standard InChI is InChI=1S/C13H18.C2H3F3/c1-2-11-8-9-13(10-11)12-6-4-3-5-7-12;1-2(3,4)5/h3-7,11,13H,2,8-10H2,1H3;1H3. The average Bonchev–Trinajstić information content (AvgIpc) is 2.76. The molecule has 1 fully saturated rings. The van der Waals surface area contributed by atoms with E-state index in [2.05, 4.69) is 37.3 Å². The maximum atomic E-state index is 10.4. The number of hydrogen-bond acceptors (Lipinski definition) is 0. The van der Waals surface area contributed by atoms with E-state index in [1.165, 1.54) is 25.7 Å². The SMILES string of the molecule is CC(F)(F)F.CCC1CCC(c2ccccc2)C1. The van der Waals surface area contributed by atoms with Gasteiger partial charge in [-0.3, -0.25) is 0 Å². The van der Waals surface area contributed by atoms with Crippen LogP contribution in [-0.2, 0) is 0 Å². The Hall–Kier alpha value is -0.990. The second-order valence-electron chi connectivity index (χ2n) is 4.98. The number of alkyl halides is 3. The molecule has 3 heteroatoms. The molecular weight excluding hydrogens is 237 g/mol. The minimum Gasteiger partial charge on any atom is -0.172 e. The van der Waals surface area contributed by atoms with Crippen LogP contribution in [0.25, 0.3) is 0 Å². The van der Waals surface area contributed by atoms with Gasteiger partial charge in [0.1, 0.15) is 0 Å². The molecule has 0 aliphatic heterocycles. The van der Waals surface area contributed by atoms with Crippen molar-refractivity contribution in [3.8, 4) is 0 Å². The van der Waals surface area contributed by atoms with Crippen LogP contribution in [0.5, 0.6) is 0 Å². The molecule has 0 heterocycles. The predicted octanol–water partition coefficient (Wildman–Crippen LogP) is 5.55. The molecule has 2 rings (SSSR count). The lowest BCUT2D eigenvalue weighted by molar-refractivity contribution is -0.110. The van der Waals surface area contributed by atoms with E-state index in [-0.39, 0.29) is 6.92 Å². The molecule has 1 aromatic rings. The summed E-state index contributed by atoms with van der Waals surface area (Å²) in [6.07, 6.45) is 1.63. The molecule has 0 spiro atoms.